The Hall–Kier alpha value is -3.20. The average Bonchev–Trinajstić information content (AvgIpc) is 2.84. The number of aliphatic hydroxyl groups is 1. The lowest BCUT2D eigenvalue weighted by atomic mass is 9.47. The van der Waals surface area contributed by atoms with Gasteiger partial charge >= 0.3 is 0 Å². The molecule has 3 aliphatic carbocycles. The van der Waals surface area contributed by atoms with E-state index in [-0.39, 0.29) is 35.9 Å². The van der Waals surface area contributed by atoms with E-state index in [0.29, 0.717) is 11.1 Å². The van der Waals surface area contributed by atoms with E-state index in [0.717, 1.165) is 5.56 Å². The Balaban J connectivity index is 2.04. The molecular formula is C31H39NO8. The molecule has 2 unspecified atom stereocenters. The van der Waals surface area contributed by atoms with Crippen molar-refractivity contribution in [3.63, 3.8) is 0 Å². The predicted molar refractivity (Wildman–Crippen MR) is 145 cm³/mol. The summed E-state index contributed by atoms with van der Waals surface area (Å²) in [4.78, 5) is 79.8. The Morgan fingerprint density at radius 3 is 2.23 bits per heavy atom. The van der Waals surface area contributed by atoms with Crippen LogP contribution in [0.25, 0.3) is 0 Å². The normalized spacial score (nSPS) is 32.0. The van der Waals surface area contributed by atoms with Crippen LogP contribution in [0.5, 0.6) is 5.75 Å². The first-order valence-corrected chi connectivity index (χ1v) is 14.0. The molecular weight excluding hydrogens is 514 g/mol. The summed E-state index contributed by atoms with van der Waals surface area (Å²) in [5.41, 5.74) is 3.87. The third-order valence-corrected chi connectivity index (χ3v) is 9.48. The maximum atomic E-state index is 14.3. The molecule has 7 atom stereocenters. The number of phenols is 1. The summed E-state index contributed by atoms with van der Waals surface area (Å²) in [5.74, 6) is -12.8. The second-order valence-electron chi connectivity index (χ2n) is 13.1. The van der Waals surface area contributed by atoms with Gasteiger partial charge in [-0.1, -0.05) is 54.5 Å². The average molecular weight is 554 g/mol. The fourth-order valence-corrected chi connectivity index (χ4v) is 7.50. The molecule has 0 bridgehead atoms. The zero-order chi connectivity index (χ0) is 30.2. The van der Waals surface area contributed by atoms with Gasteiger partial charge in [-0.2, -0.15) is 0 Å². The zero-order valence-corrected chi connectivity index (χ0v) is 24.2. The number of carbonyl (C=O) groups is 6. The van der Waals surface area contributed by atoms with Crippen LogP contribution in [0.4, 0.5) is 0 Å². The number of phenolic OH excluding ortho intramolecular Hbond substituents is 1. The van der Waals surface area contributed by atoms with Crippen molar-refractivity contribution in [3.05, 3.63) is 28.3 Å². The van der Waals surface area contributed by atoms with E-state index in [1.165, 1.54) is 0 Å². The quantitative estimate of drug-likeness (QED) is 0.468. The van der Waals surface area contributed by atoms with Crippen molar-refractivity contribution in [1.82, 2.24) is 0 Å². The fraction of sp³-hybridized carbons (Fsp3) is 0.613. The molecule has 2 saturated carbocycles. The number of benzene rings is 1. The van der Waals surface area contributed by atoms with Crippen LogP contribution >= 0.6 is 0 Å². The topological polar surface area (TPSA) is 169 Å². The van der Waals surface area contributed by atoms with Gasteiger partial charge in [0.2, 0.25) is 5.91 Å². The van der Waals surface area contributed by atoms with Crippen molar-refractivity contribution >= 4 is 34.8 Å². The van der Waals surface area contributed by atoms with Crippen LogP contribution in [0.15, 0.2) is 6.07 Å². The Morgan fingerprint density at radius 1 is 1.12 bits per heavy atom. The maximum absolute atomic E-state index is 14.3. The molecule has 0 saturated heterocycles. The minimum atomic E-state index is -2.83. The molecule has 0 spiro atoms. The molecule has 1 aromatic carbocycles. The van der Waals surface area contributed by atoms with Crippen LogP contribution in [0.2, 0.25) is 0 Å². The van der Waals surface area contributed by atoms with E-state index >= 15 is 0 Å². The molecule has 216 valence electrons. The summed E-state index contributed by atoms with van der Waals surface area (Å²) in [6, 6.07) is 1.89. The molecule has 1 aromatic rings. The molecule has 4 rings (SSSR count). The largest absolute Gasteiger partial charge is 0.507 e. The summed E-state index contributed by atoms with van der Waals surface area (Å²) in [6.07, 6.45) is -0.508. The van der Waals surface area contributed by atoms with E-state index < -0.39 is 82.0 Å². The monoisotopic (exact) mass is 553 g/mol. The summed E-state index contributed by atoms with van der Waals surface area (Å²) in [6.45, 7) is 13.1. The number of nitrogens with two attached hydrogens (primary N) is 1. The maximum Gasteiger partial charge on any atom is 0.235 e. The summed E-state index contributed by atoms with van der Waals surface area (Å²) >= 11 is 0. The van der Waals surface area contributed by atoms with Gasteiger partial charge in [0.1, 0.15) is 11.5 Å². The van der Waals surface area contributed by atoms with Crippen molar-refractivity contribution in [1.29, 1.82) is 0 Å². The van der Waals surface area contributed by atoms with Crippen LogP contribution in [-0.2, 0) is 29.4 Å². The van der Waals surface area contributed by atoms with E-state index in [1.807, 2.05) is 47.6 Å². The molecule has 9 nitrogen and oxygen atoms in total. The van der Waals surface area contributed by atoms with Crippen molar-refractivity contribution in [2.24, 2.45) is 35.3 Å². The molecule has 9 heteroatoms. The van der Waals surface area contributed by atoms with Gasteiger partial charge in [0, 0.05) is 30.7 Å². The summed E-state index contributed by atoms with van der Waals surface area (Å²) in [5, 5.41) is 23.3. The number of carbonyl (C=O) groups excluding carboxylic acids is 6. The van der Waals surface area contributed by atoms with Gasteiger partial charge in [-0.15, -0.1) is 0 Å². The van der Waals surface area contributed by atoms with Gasteiger partial charge in [0.25, 0.3) is 0 Å². The predicted octanol–water partition coefficient (Wildman–Crippen LogP) is 2.90. The fourth-order valence-electron chi connectivity index (χ4n) is 7.50. The SMILES string of the molecule is CCC(=O)C[C@H]1[C@H]2C(C(=O)c3c(O)c(C(C)(C)C)cc(C(C)C)c3[C@@H]2C)C(=O)[C@]2(O)C(=O)C(C(N)=O)C(=O)C[C@H]12. The van der Waals surface area contributed by atoms with Gasteiger partial charge in [0.15, 0.2) is 34.7 Å². The van der Waals surface area contributed by atoms with E-state index in [9.17, 15) is 39.0 Å². The molecule has 0 radical (unpaired) electrons. The highest BCUT2D eigenvalue weighted by Crippen LogP contribution is 2.59. The highest BCUT2D eigenvalue weighted by atomic mass is 16.3. The summed E-state index contributed by atoms with van der Waals surface area (Å²) < 4.78 is 0. The summed E-state index contributed by atoms with van der Waals surface area (Å²) in [7, 11) is 0. The number of fused-ring (bicyclic) bond motifs is 3. The highest BCUT2D eigenvalue weighted by Gasteiger charge is 2.70. The number of Topliss-reactive ketones (excluding diaryl/α,β-unsaturated/α-hetero) is 5. The van der Waals surface area contributed by atoms with Crippen molar-refractivity contribution < 1.29 is 39.0 Å². The Labute approximate surface area is 233 Å². The van der Waals surface area contributed by atoms with Gasteiger partial charge in [-0.25, -0.2) is 0 Å². The molecule has 0 aromatic heterocycles. The Kier molecular flexibility index (Phi) is 7.23. The van der Waals surface area contributed by atoms with Crippen LogP contribution in [-0.4, -0.2) is 50.6 Å². The highest BCUT2D eigenvalue weighted by molar-refractivity contribution is 6.31. The first kappa shape index (κ1) is 29.8. The zero-order valence-electron chi connectivity index (χ0n) is 24.2. The number of amides is 1. The minimum Gasteiger partial charge on any atom is -0.507 e. The van der Waals surface area contributed by atoms with Crippen LogP contribution in [0.3, 0.4) is 0 Å². The lowest BCUT2D eigenvalue weighted by molar-refractivity contribution is -0.183. The second-order valence-corrected chi connectivity index (χ2v) is 13.1. The Morgan fingerprint density at radius 2 is 1.73 bits per heavy atom. The van der Waals surface area contributed by atoms with Gasteiger partial charge in [-0.05, 0) is 40.2 Å². The number of primary amides is 1. The molecule has 0 aliphatic heterocycles. The first-order chi connectivity index (χ1) is 18.4. The van der Waals surface area contributed by atoms with E-state index in [1.54, 1.807) is 6.92 Å². The number of rotatable bonds is 5. The number of hydrogen-bond acceptors (Lipinski definition) is 8. The van der Waals surface area contributed by atoms with E-state index in [2.05, 4.69) is 0 Å². The number of ketones is 5. The third kappa shape index (κ3) is 4.07. The molecule has 4 N–H and O–H groups in total. The smallest absolute Gasteiger partial charge is 0.235 e. The lowest BCUT2D eigenvalue weighted by Crippen LogP contribution is -2.71. The van der Waals surface area contributed by atoms with Crippen LogP contribution in [0.1, 0.15) is 107 Å². The van der Waals surface area contributed by atoms with Gasteiger partial charge < -0.3 is 15.9 Å². The van der Waals surface area contributed by atoms with Crippen molar-refractivity contribution in [3.8, 4) is 5.75 Å². The first-order valence-electron chi connectivity index (χ1n) is 14.0. The Bertz CT molecular complexity index is 1350. The molecule has 40 heavy (non-hydrogen) atoms. The van der Waals surface area contributed by atoms with Gasteiger partial charge in [-0.3, -0.25) is 28.8 Å². The van der Waals surface area contributed by atoms with Crippen LogP contribution in [0, 0.1) is 29.6 Å². The molecule has 2 fully saturated rings. The number of hydrogen-bond donors (Lipinski definition) is 3. The lowest BCUT2D eigenvalue weighted by Gasteiger charge is -2.55. The van der Waals surface area contributed by atoms with Crippen molar-refractivity contribution in [2.45, 2.75) is 90.6 Å². The molecule has 3 aliphatic rings. The number of aromatic hydroxyl groups is 1. The standard InChI is InChI=1S/C31H39NO8/c1-8-14(33)9-16-17-11-19(34)22(29(32)39)27(37)31(17,40)28(38)24-21(16)13(4)20-15(12(2)3)10-18(30(5,6)7)25(35)23(20)26(24)36/h10,12-13,16-17,21-22,24,35,40H,8-9,11H2,1-7H3,(H2,32,39)/t13-,16+,17+,21-,22?,24?,31+/m0/s1. The van der Waals surface area contributed by atoms with Crippen LogP contribution < -0.4 is 5.73 Å². The molecule has 0 heterocycles. The van der Waals surface area contributed by atoms with E-state index in [4.69, 9.17) is 5.73 Å². The second kappa shape index (κ2) is 9.72. The van der Waals surface area contributed by atoms with Gasteiger partial charge in [0.05, 0.1) is 11.5 Å². The minimum absolute atomic E-state index is 0.00775. The van der Waals surface area contributed by atoms with Crippen molar-refractivity contribution in [2.75, 3.05) is 0 Å². The molecule has 1 amide bonds. The third-order valence-electron chi connectivity index (χ3n) is 9.48.